The zero-order valence-corrected chi connectivity index (χ0v) is 17.0. The molecule has 1 N–H and O–H groups in total. The minimum atomic E-state index is -3.70. The summed E-state index contributed by atoms with van der Waals surface area (Å²) < 4.78 is 33.4. The van der Waals surface area contributed by atoms with Crippen LogP contribution in [0.15, 0.2) is 53.7 Å². The average Bonchev–Trinajstić information content (AvgIpc) is 3.45. The quantitative estimate of drug-likeness (QED) is 0.715. The van der Waals surface area contributed by atoms with E-state index < -0.39 is 10.0 Å². The zero-order chi connectivity index (χ0) is 20.3. The van der Waals surface area contributed by atoms with Crippen LogP contribution in [0, 0.1) is 0 Å². The molecule has 1 aliphatic heterocycles. The van der Waals surface area contributed by atoms with E-state index in [0.717, 1.165) is 31.2 Å². The number of nitrogens with zero attached hydrogens (tertiary/aromatic N) is 2. The summed E-state index contributed by atoms with van der Waals surface area (Å²) in [6.07, 6.45) is 7.10. The number of benzene rings is 1. The number of pyridine rings is 1. The molecule has 1 aromatic heterocycles. The second-order valence-corrected chi connectivity index (χ2v) is 9.31. The second-order valence-electron chi connectivity index (χ2n) is 7.54. The first-order valence-corrected chi connectivity index (χ1v) is 11.4. The summed E-state index contributed by atoms with van der Waals surface area (Å²) >= 11 is 0. The maximum atomic E-state index is 13.1. The predicted octanol–water partition coefficient (Wildman–Crippen LogP) is 2.34. The van der Waals surface area contributed by atoms with Gasteiger partial charge in [0.15, 0.2) is 0 Å². The number of carbonyl (C=O) groups excluding carboxylic acids is 1. The minimum Gasteiger partial charge on any atom is -0.377 e. The third-order valence-corrected chi connectivity index (χ3v) is 6.66. The van der Waals surface area contributed by atoms with Crippen LogP contribution in [0.4, 0.5) is 0 Å². The molecule has 2 heterocycles. The molecule has 4 rings (SSSR count). The minimum absolute atomic E-state index is 0.0839. The van der Waals surface area contributed by atoms with Crippen LogP contribution in [-0.4, -0.2) is 49.5 Å². The molecular weight excluding hydrogens is 390 g/mol. The molecule has 1 saturated carbocycles. The van der Waals surface area contributed by atoms with Crippen LogP contribution in [0.25, 0.3) is 0 Å². The Kier molecular flexibility index (Phi) is 5.94. The number of hydrogen-bond donors (Lipinski definition) is 1. The summed E-state index contributed by atoms with van der Waals surface area (Å²) in [5.74, 6) is -0.160. The van der Waals surface area contributed by atoms with Gasteiger partial charge in [-0.25, -0.2) is 13.1 Å². The molecule has 7 nitrogen and oxygen atoms in total. The van der Waals surface area contributed by atoms with Crippen molar-refractivity contribution in [2.24, 2.45) is 0 Å². The van der Waals surface area contributed by atoms with E-state index in [-0.39, 0.29) is 29.5 Å². The van der Waals surface area contributed by atoms with Crippen molar-refractivity contribution in [1.82, 2.24) is 14.6 Å². The lowest BCUT2D eigenvalue weighted by Crippen LogP contribution is -2.33. The number of nitrogens with one attached hydrogen (secondary N) is 1. The third kappa shape index (κ3) is 5.01. The number of aromatic nitrogens is 1. The number of ether oxygens (including phenoxy) is 1. The summed E-state index contributed by atoms with van der Waals surface area (Å²) in [6.45, 7) is 1.38. The molecule has 1 amide bonds. The first kappa shape index (κ1) is 20.0. The van der Waals surface area contributed by atoms with Crippen LogP contribution >= 0.6 is 0 Å². The topological polar surface area (TPSA) is 88.6 Å². The van der Waals surface area contributed by atoms with E-state index in [1.807, 2.05) is 17.0 Å². The van der Waals surface area contributed by atoms with E-state index in [1.54, 1.807) is 24.5 Å². The largest absolute Gasteiger partial charge is 0.377 e. The van der Waals surface area contributed by atoms with Crippen LogP contribution in [0.1, 0.15) is 41.6 Å². The standard InChI is InChI=1S/C21H25N3O4S/c25-21(24(18-8-9-18)15-16-4-2-10-22-13-16)17-5-1-7-20(12-17)29(26,27)23-14-19-6-3-11-28-19/h1-2,4-5,7,10,12-13,18-19,23H,3,6,8-9,11,14-15H2. The second kappa shape index (κ2) is 8.61. The summed E-state index contributed by atoms with van der Waals surface area (Å²) in [4.78, 5) is 19.2. The molecule has 1 aliphatic carbocycles. The Balaban J connectivity index is 1.49. The maximum absolute atomic E-state index is 13.1. The van der Waals surface area contributed by atoms with Gasteiger partial charge in [0.05, 0.1) is 11.0 Å². The van der Waals surface area contributed by atoms with E-state index in [4.69, 9.17) is 4.74 Å². The van der Waals surface area contributed by atoms with Crippen LogP contribution in [-0.2, 0) is 21.3 Å². The van der Waals surface area contributed by atoms with Gasteiger partial charge in [-0.05, 0) is 55.5 Å². The molecule has 1 atom stereocenters. The third-order valence-electron chi connectivity index (χ3n) is 5.24. The van der Waals surface area contributed by atoms with Gasteiger partial charge in [-0.1, -0.05) is 12.1 Å². The monoisotopic (exact) mass is 415 g/mol. The van der Waals surface area contributed by atoms with Crippen LogP contribution < -0.4 is 4.72 Å². The zero-order valence-electron chi connectivity index (χ0n) is 16.2. The fraction of sp³-hybridized carbons (Fsp3) is 0.429. The number of amides is 1. The average molecular weight is 416 g/mol. The first-order chi connectivity index (χ1) is 14.0. The Morgan fingerprint density at radius 2 is 2.07 bits per heavy atom. The van der Waals surface area contributed by atoms with Crippen LogP contribution in [0.3, 0.4) is 0 Å². The van der Waals surface area contributed by atoms with Gasteiger partial charge >= 0.3 is 0 Å². The summed E-state index contributed by atoms with van der Waals surface area (Å²) in [6, 6.07) is 10.2. The van der Waals surface area contributed by atoms with Crippen molar-refractivity contribution < 1.29 is 17.9 Å². The van der Waals surface area contributed by atoms with Gasteiger partial charge in [0.2, 0.25) is 10.0 Å². The molecule has 29 heavy (non-hydrogen) atoms. The Morgan fingerprint density at radius 3 is 2.76 bits per heavy atom. The smallest absolute Gasteiger partial charge is 0.254 e. The molecule has 1 aromatic carbocycles. The van der Waals surface area contributed by atoms with Crippen molar-refractivity contribution in [2.75, 3.05) is 13.2 Å². The van der Waals surface area contributed by atoms with Crippen LogP contribution in [0.5, 0.6) is 0 Å². The highest BCUT2D eigenvalue weighted by atomic mass is 32.2. The highest BCUT2D eigenvalue weighted by Gasteiger charge is 2.33. The van der Waals surface area contributed by atoms with E-state index in [9.17, 15) is 13.2 Å². The summed E-state index contributed by atoms with van der Waals surface area (Å²) in [5.41, 5.74) is 1.33. The Hall–Kier alpha value is -2.29. The van der Waals surface area contributed by atoms with Crippen molar-refractivity contribution in [3.05, 3.63) is 59.9 Å². The van der Waals surface area contributed by atoms with Crippen molar-refractivity contribution >= 4 is 15.9 Å². The summed E-state index contributed by atoms with van der Waals surface area (Å²) in [5, 5.41) is 0. The van der Waals surface area contributed by atoms with Gasteiger partial charge < -0.3 is 9.64 Å². The van der Waals surface area contributed by atoms with E-state index in [1.165, 1.54) is 12.1 Å². The molecule has 0 bridgehead atoms. The van der Waals surface area contributed by atoms with Gasteiger partial charge in [0, 0.05) is 43.7 Å². The number of hydrogen-bond acceptors (Lipinski definition) is 5. The molecule has 154 valence electrons. The van der Waals surface area contributed by atoms with E-state index >= 15 is 0 Å². The van der Waals surface area contributed by atoms with Crippen molar-refractivity contribution in [3.63, 3.8) is 0 Å². The molecule has 0 spiro atoms. The van der Waals surface area contributed by atoms with E-state index in [0.29, 0.717) is 18.7 Å². The molecule has 2 aliphatic rings. The SMILES string of the molecule is O=C(c1cccc(S(=O)(=O)NCC2CCCO2)c1)N(Cc1cccnc1)C1CC1. The first-order valence-electron chi connectivity index (χ1n) is 9.94. The molecule has 1 unspecified atom stereocenters. The van der Waals surface area contributed by atoms with Crippen molar-refractivity contribution in [1.29, 1.82) is 0 Å². The lowest BCUT2D eigenvalue weighted by molar-refractivity contribution is 0.0729. The number of rotatable bonds is 8. The Bertz CT molecular complexity index is 955. The lowest BCUT2D eigenvalue weighted by atomic mass is 10.1. The Labute approximate surface area is 171 Å². The molecule has 1 saturated heterocycles. The van der Waals surface area contributed by atoms with E-state index in [2.05, 4.69) is 9.71 Å². The number of carbonyl (C=O) groups is 1. The predicted molar refractivity (Wildman–Crippen MR) is 108 cm³/mol. The van der Waals surface area contributed by atoms with Gasteiger partial charge in [-0.15, -0.1) is 0 Å². The fourth-order valence-electron chi connectivity index (χ4n) is 3.49. The van der Waals surface area contributed by atoms with Crippen LogP contribution in [0.2, 0.25) is 0 Å². The molecular formula is C21H25N3O4S. The lowest BCUT2D eigenvalue weighted by Gasteiger charge is -2.23. The van der Waals surface area contributed by atoms with Gasteiger partial charge in [-0.3, -0.25) is 9.78 Å². The normalized spacial score (nSPS) is 19.2. The Morgan fingerprint density at radius 1 is 1.21 bits per heavy atom. The highest BCUT2D eigenvalue weighted by molar-refractivity contribution is 7.89. The van der Waals surface area contributed by atoms with Crippen molar-refractivity contribution in [3.8, 4) is 0 Å². The molecule has 0 radical (unpaired) electrons. The van der Waals surface area contributed by atoms with Gasteiger partial charge in [0.25, 0.3) is 5.91 Å². The molecule has 8 heteroatoms. The van der Waals surface area contributed by atoms with Crippen molar-refractivity contribution in [2.45, 2.75) is 49.3 Å². The maximum Gasteiger partial charge on any atom is 0.254 e. The van der Waals surface area contributed by atoms with Gasteiger partial charge in [-0.2, -0.15) is 0 Å². The fourth-order valence-corrected chi connectivity index (χ4v) is 4.61. The van der Waals surface area contributed by atoms with Gasteiger partial charge in [0.1, 0.15) is 0 Å². The summed E-state index contributed by atoms with van der Waals surface area (Å²) in [7, 11) is -3.70. The molecule has 2 aromatic rings. The number of sulfonamides is 1. The molecule has 2 fully saturated rings. The highest BCUT2D eigenvalue weighted by Crippen LogP contribution is 2.30.